The number of hydrogen-bond donors (Lipinski definition) is 1. The normalized spacial score (nSPS) is 17.5. The highest BCUT2D eigenvalue weighted by atomic mass is 16.2. The SMILES string of the molecule is CCn1cc(CNC(=O)N2CC[C@@H](n3nc(C)cc3C)C2)c(C)n1. The first-order chi connectivity index (χ1) is 11.5. The predicted molar refractivity (Wildman–Crippen MR) is 91.8 cm³/mol. The van der Waals surface area contributed by atoms with Crippen molar-refractivity contribution in [1.82, 2.24) is 29.8 Å². The Balaban J connectivity index is 1.56. The van der Waals surface area contributed by atoms with Gasteiger partial charge in [0.2, 0.25) is 0 Å². The molecular weight excluding hydrogens is 304 g/mol. The fourth-order valence-electron chi connectivity index (χ4n) is 3.32. The molecule has 1 N–H and O–H groups in total. The van der Waals surface area contributed by atoms with E-state index in [1.54, 1.807) is 0 Å². The van der Waals surface area contributed by atoms with Crippen molar-refractivity contribution in [2.45, 2.75) is 53.2 Å². The van der Waals surface area contributed by atoms with Crippen molar-refractivity contribution < 1.29 is 4.79 Å². The third-order valence-corrected chi connectivity index (χ3v) is 4.64. The minimum atomic E-state index is -0.0114. The summed E-state index contributed by atoms with van der Waals surface area (Å²) in [7, 11) is 0. The molecule has 3 heterocycles. The lowest BCUT2D eigenvalue weighted by Crippen LogP contribution is -2.38. The van der Waals surface area contributed by atoms with Gasteiger partial charge in [-0.1, -0.05) is 0 Å². The van der Waals surface area contributed by atoms with E-state index in [9.17, 15) is 4.79 Å². The monoisotopic (exact) mass is 330 g/mol. The molecule has 1 saturated heterocycles. The minimum absolute atomic E-state index is 0.0114. The Morgan fingerprint density at radius 3 is 2.75 bits per heavy atom. The number of nitrogens with one attached hydrogen (secondary N) is 1. The van der Waals surface area contributed by atoms with Gasteiger partial charge in [-0.2, -0.15) is 10.2 Å². The highest BCUT2D eigenvalue weighted by Crippen LogP contribution is 2.23. The number of carbonyl (C=O) groups is 1. The Bertz CT molecular complexity index is 732. The van der Waals surface area contributed by atoms with E-state index in [2.05, 4.69) is 40.1 Å². The average Bonchev–Trinajstić information content (AvgIpc) is 3.24. The number of likely N-dealkylation sites (tertiary alicyclic amines) is 1. The third-order valence-electron chi connectivity index (χ3n) is 4.64. The standard InChI is InChI=1S/C17H26N6O/c1-5-22-10-15(14(4)20-22)9-18-17(24)21-7-6-16(11-21)23-13(3)8-12(2)19-23/h8,10,16H,5-7,9,11H2,1-4H3,(H,18,24)/t16-/m1/s1. The summed E-state index contributed by atoms with van der Waals surface area (Å²) in [5.74, 6) is 0. The third kappa shape index (κ3) is 3.29. The summed E-state index contributed by atoms with van der Waals surface area (Å²) in [5.41, 5.74) is 4.22. The van der Waals surface area contributed by atoms with Crippen LogP contribution >= 0.6 is 0 Å². The molecule has 0 aliphatic carbocycles. The molecule has 7 heteroatoms. The Kier molecular flexibility index (Phi) is 4.59. The number of hydrogen-bond acceptors (Lipinski definition) is 3. The fraction of sp³-hybridized carbons (Fsp3) is 0.588. The van der Waals surface area contributed by atoms with Gasteiger partial charge in [-0.3, -0.25) is 9.36 Å². The van der Waals surface area contributed by atoms with Crippen LogP contribution in [0, 0.1) is 20.8 Å². The molecule has 1 atom stereocenters. The van der Waals surface area contributed by atoms with Crippen molar-refractivity contribution in [2.24, 2.45) is 0 Å². The van der Waals surface area contributed by atoms with Gasteiger partial charge in [-0.25, -0.2) is 4.79 Å². The molecule has 2 amide bonds. The van der Waals surface area contributed by atoms with Gasteiger partial charge in [0.25, 0.3) is 0 Å². The number of rotatable bonds is 4. The molecule has 1 aliphatic rings. The topological polar surface area (TPSA) is 68.0 Å². The maximum Gasteiger partial charge on any atom is 0.317 e. The fourth-order valence-corrected chi connectivity index (χ4v) is 3.32. The lowest BCUT2D eigenvalue weighted by Gasteiger charge is -2.18. The van der Waals surface area contributed by atoms with Gasteiger partial charge in [0.05, 0.1) is 17.4 Å². The Morgan fingerprint density at radius 2 is 2.12 bits per heavy atom. The molecule has 0 aromatic carbocycles. The average molecular weight is 330 g/mol. The number of aromatic nitrogens is 4. The van der Waals surface area contributed by atoms with Crippen LogP contribution in [0.2, 0.25) is 0 Å². The van der Waals surface area contributed by atoms with Crippen LogP contribution in [0.5, 0.6) is 0 Å². The van der Waals surface area contributed by atoms with Crippen LogP contribution in [0.4, 0.5) is 4.79 Å². The molecule has 2 aromatic heterocycles. The van der Waals surface area contributed by atoms with Gasteiger partial charge in [-0.05, 0) is 40.2 Å². The van der Waals surface area contributed by atoms with Gasteiger partial charge in [0.15, 0.2) is 0 Å². The maximum absolute atomic E-state index is 12.4. The molecular formula is C17H26N6O. The van der Waals surface area contributed by atoms with Crippen LogP contribution in [0.3, 0.4) is 0 Å². The zero-order valence-corrected chi connectivity index (χ0v) is 14.9. The van der Waals surface area contributed by atoms with E-state index >= 15 is 0 Å². The molecule has 1 aliphatic heterocycles. The quantitative estimate of drug-likeness (QED) is 0.934. The molecule has 0 unspecified atom stereocenters. The van der Waals surface area contributed by atoms with Crippen molar-refractivity contribution in [2.75, 3.05) is 13.1 Å². The van der Waals surface area contributed by atoms with Gasteiger partial charge < -0.3 is 10.2 Å². The lowest BCUT2D eigenvalue weighted by atomic mass is 10.2. The smallest absolute Gasteiger partial charge is 0.317 e. The highest BCUT2D eigenvalue weighted by Gasteiger charge is 2.28. The van der Waals surface area contributed by atoms with E-state index in [-0.39, 0.29) is 12.1 Å². The molecule has 0 spiro atoms. The summed E-state index contributed by atoms with van der Waals surface area (Å²) in [6.07, 6.45) is 2.94. The zero-order valence-electron chi connectivity index (χ0n) is 14.9. The van der Waals surface area contributed by atoms with Crippen molar-refractivity contribution in [1.29, 1.82) is 0 Å². The summed E-state index contributed by atoms with van der Waals surface area (Å²) in [6, 6.07) is 2.34. The van der Waals surface area contributed by atoms with Crippen molar-refractivity contribution >= 4 is 6.03 Å². The second-order valence-electron chi connectivity index (χ2n) is 6.51. The van der Waals surface area contributed by atoms with E-state index in [0.717, 1.165) is 42.2 Å². The first-order valence-electron chi connectivity index (χ1n) is 8.56. The van der Waals surface area contributed by atoms with E-state index in [1.165, 1.54) is 0 Å². The van der Waals surface area contributed by atoms with E-state index in [4.69, 9.17) is 0 Å². The van der Waals surface area contributed by atoms with Crippen LogP contribution in [0.25, 0.3) is 0 Å². The van der Waals surface area contributed by atoms with Crippen molar-refractivity contribution in [3.63, 3.8) is 0 Å². The van der Waals surface area contributed by atoms with Gasteiger partial charge in [0.1, 0.15) is 0 Å². The van der Waals surface area contributed by atoms with E-state index in [1.807, 2.05) is 29.6 Å². The first-order valence-corrected chi connectivity index (χ1v) is 8.56. The minimum Gasteiger partial charge on any atom is -0.334 e. The zero-order chi connectivity index (χ0) is 17.3. The molecule has 7 nitrogen and oxygen atoms in total. The second-order valence-corrected chi connectivity index (χ2v) is 6.51. The van der Waals surface area contributed by atoms with Crippen LogP contribution in [0.15, 0.2) is 12.3 Å². The molecule has 0 bridgehead atoms. The number of aryl methyl sites for hydroxylation is 4. The summed E-state index contributed by atoms with van der Waals surface area (Å²) in [5, 5.41) is 12.0. The molecule has 130 valence electrons. The number of nitrogens with zero attached hydrogens (tertiary/aromatic N) is 5. The predicted octanol–water partition coefficient (Wildman–Crippen LogP) is 2.18. The first kappa shape index (κ1) is 16.5. The van der Waals surface area contributed by atoms with Crippen molar-refractivity contribution in [3.05, 3.63) is 34.9 Å². The largest absolute Gasteiger partial charge is 0.334 e. The van der Waals surface area contributed by atoms with Gasteiger partial charge >= 0.3 is 6.03 Å². The summed E-state index contributed by atoms with van der Waals surface area (Å²) in [4.78, 5) is 14.3. The van der Waals surface area contributed by atoms with Crippen LogP contribution in [-0.4, -0.2) is 43.6 Å². The van der Waals surface area contributed by atoms with Crippen LogP contribution in [-0.2, 0) is 13.1 Å². The summed E-state index contributed by atoms with van der Waals surface area (Å²) in [6.45, 7) is 10.9. The molecule has 1 fully saturated rings. The Hall–Kier alpha value is -2.31. The molecule has 2 aromatic rings. The highest BCUT2D eigenvalue weighted by molar-refractivity contribution is 5.74. The maximum atomic E-state index is 12.4. The van der Waals surface area contributed by atoms with Gasteiger partial charge in [0, 0.05) is 43.6 Å². The number of carbonyl (C=O) groups excluding carboxylic acids is 1. The molecule has 24 heavy (non-hydrogen) atoms. The van der Waals surface area contributed by atoms with Crippen molar-refractivity contribution in [3.8, 4) is 0 Å². The summed E-state index contributed by atoms with van der Waals surface area (Å²) >= 11 is 0. The number of urea groups is 1. The molecule has 0 radical (unpaired) electrons. The Labute approximate surface area is 142 Å². The van der Waals surface area contributed by atoms with Gasteiger partial charge in [-0.15, -0.1) is 0 Å². The summed E-state index contributed by atoms with van der Waals surface area (Å²) < 4.78 is 3.95. The van der Waals surface area contributed by atoms with Crippen LogP contribution in [0.1, 0.15) is 42.0 Å². The number of amides is 2. The Morgan fingerprint density at radius 1 is 1.33 bits per heavy atom. The molecule has 0 saturated carbocycles. The lowest BCUT2D eigenvalue weighted by molar-refractivity contribution is 0.206. The second kappa shape index (κ2) is 6.67. The van der Waals surface area contributed by atoms with Crippen LogP contribution < -0.4 is 5.32 Å². The van der Waals surface area contributed by atoms with E-state index in [0.29, 0.717) is 13.1 Å². The van der Waals surface area contributed by atoms with E-state index < -0.39 is 0 Å². The molecule has 3 rings (SSSR count).